The standard InChI is InChI=1S/C44H36N4O2/c1-44(2,3)30-22-24-46-43(26-30)48-35-17-5-4-15-32(35)33-27-42-38(28-37(33)48)47(31-14-12-13-29(25-31)34-16-10-11-23-45-34)36-18-6-7-19-39(36)49-40-20-8-9-21-41(40)50-42/h4-28,38,42H,1-3H3. The summed E-state index contributed by atoms with van der Waals surface area (Å²) in [5.41, 5.74) is 6.17. The number of hydrogen-bond donors (Lipinski definition) is 0. The first-order chi connectivity index (χ1) is 24.4. The highest BCUT2D eigenvalue weighted by atomic mass is 16.5. The van der Waals surface area contributed by atoms with Gasteiger partial charge in [0.15, 0.2) is 17.2 Å². The summed E-state index contributed by atoms with van der Waals surface area (Å²) in [4.78, 5) is 12.0. The van der Waals surface area contributed by atoms with E-state index in [1.165, 1.54) is 5.56 Å². The summed E-state index contributed by atoms with van der Waals surface area (Å²) < 4.78 is 16.0. The van der Waals surface area contributed by atoms with Gasteiger partial charge in [0.1, 0.15) is 11.9 Å². The van der Waals surface area contributed by atoms with Crippen LogP contribution >= 0.6 is 0 Å². The van der Waals surface area contributed by atoms with Crippen LogP contribution in [0.1, 0.15) is 26.3 Å². The Balaban J connectivity index is 1.35. The molecule has 3 aromatic heterocycles. The van der Waals surface area contributed by atoms with Crippen LogP contribution in [-0.2, 0) is 5.41 Å². The number of benzene rings is 4. The summed E-state index contributed by atoms with van der Waals surface area (Å²) >= 11 is 0. The molecule has 4 aromatic carbocycles. The van der Waals surface area contributed by atoms with E-state index in [1.807, 2.05) is 67.0 Å². The van der Waals surface area contributed by atoms with Crippen molar-refractivity contribution in [2.24, 2.45) is 0 Å². The van der Waals surface area contributed by atoms with Gasteiger partial charge in [0.05, 0.1) is 28.3 Å². The fourth-order valence-corrected chi connectivity index (χ4v) is 7.18. The summed E-state index contributed by atoms with van der Waals surface area (Å²) in [7, 11) is 0. The molecule has 1 aliphatic carbocycles. The summed E-state index contributed by atoms with van der Waals surface area (Å²) in [5, 5.41) is 3.35. The van der Waals surface area contributed by atoms with E-state index in [1.54, 1.807) is 0 Å². The third-order valence-corrected chi connectivity index (χ3v) is 9.63. The quantitative estimate of drug-likeness (QED) is 0.191. The molecule has 2 aliphatic rings. The van der Waals surface area contributed by atoms with Gasteiger partial charge in [0.2, 0.25) is 0 Å². The number of anilines is 2. The second-order valence-corrected chi connectivity index (χ2v) is 13.9. The lowest BCUT2D eigenvalue weighted by Crippen LogP contribution is -2.49. The van der Waals surface area contributed by atoms with Gasteiger partial charge in [-0.2, -0.15) is 0 Å². The molecule has 244 valence electrons. The minimum Gasteiger partial charge on any atom is -0.480 e. The summed E-state index contributed by atoms with van der Waals surface area (Å²) in [6.45, 7) is 6.72. The lowest BCUT2D eigenvalue weighted by Gasteiger charge is -2.37. The van der Waals surface area contributed by atoms with Gasteiger partial charge >= 0.3 is 0 Å². The maximum atomic E-state index is 7.01. The van der Waals surface area contributed by atoms with Crippen LogP contribution in [0, 0.1) is 0 Å². The van der Waals surface area contributed by atoms with Gasteiger partial charge in [0.25, 0.3) is 0 Å². The van der Waals surface area contributed by atoms with Crippen LogP contribution < -0.4 is 24.9 Å². The van der Waals surface area contributed by atoms with E-state index in [0.29, 0.717) is 11.5 Å². The Labute approximate surface area is 291 Å². The van der Waals surface area contributed by atoms with Crippen LogP contribution in [0.3, 0.4) is 0 Å². The van der Waals surface area contributed by atoms with Crippen molar-refractivity contribution in [3.63, 3.8) is 0 Å². The third kappa shape index (κ3) is 5.12. The van der Waals surface area contributed by atoms with E-state index in [0.717, 1.165) is 55.7 Å². The average molecular weight is 653 g/mol. The van der Waals surface area contributed by atoms with Gasteiger partial charge in [-0.1, -0.05) is 81.4 Å². The molecule has 0 saturated carbocycles. The molecule has 0 saturated heterocycles. The number of fused-ring (bicyclic) bond motifs is 6. The summed E-state index contributed by atoms with van der Waals surface area (Å²) in [5.74, 6) is 3.00. The SMILES string of the molecule is CC(C)(C)c1ccnc(-n2c3c(c4ccccc42)=CC2Oc4ccccc4Oc4ccccc4N(c4cccc(-c5ccccn5)c4)C2C=3)c1. The fraction of sp³-hybridized carbons (Fsp3) is 0.136. The first-order valence-electron chi connectivity index (χ1n) is 17.1. The first kappa shape index (κ1) is 30.0. The van der Waals surface area contributed by atoms with Gasteiger partial charge < -0.3 is 14.4 Å². The molecule has 7 aromatic rings. The topological polar surface area (TPSA) is 52.4 Å². The first-order valence-corrected chi connectivity index (χ1v) is 17.1. The molecule has 0 bridgehead atoms. The van der Waals surface area contributed by atoms with Crippen LogP contribution in [0.4, 0.5) is 11.4 Å². The number of ether oxygens (including phenoxy) is 2. The Morgan fingerprint density at radius 2 is 1.44 bits per heavy atom. The van der Waals surface area contributed by atoms with Crippen LogP contribution in [-0.4, -0.2) is 26.7 Å². The second kappa shape index (κ2) is 11.8. The number of para-hydroxylation sites is 5. The largest absolute Gasteiger partial charge is 0.480 e. The Hall–Kier alpha value is -6.14. The monoisotopic (exact) mass is 652 g/mol. The molecule has 2 atom stereocenters. The predicted molar refractivity (Wildman–Crippen MR) is 201 cm³/mol. The van der Waals surface area contributed by atoms with Crippen molar-refractivity contribution >= 4 is 34.4 Å². The Kier molecular flexibility index (Phi) is 7.06. The molecule has 50 heavy (non-hydrogen) atoms. The van der Waals surface area contributed by atoms with E-state index in [4.69, 9.17) is 14.5 Å². The van der Waals surface area contributed by atoms with Crippen molar-refractivity contribution in [3.8, 4) is 34.3 Å². The zero-order chi connectivity index (χ0) is 33.8. The molecular formula is C44H36N4O2. The van der Waals surface area contributed by atoms with Gasteiger partial charge in [-0.25, -0.2) is 4.98 Å². The molecule has 0 spiro atoms. The summed E-state index contributed by atoms with van der Waals surface area (Å²) in [6.07, 6.45) is 8.02. The number of aromatic nitrogens is 3. The van der Waals surface area contributed by atoms with Crippen molar-refractivity contribution in [1.29, 1.82) is 0 Å². The van der Waals surface area contributed by atoms with Gasteiger partial charge in [-0.05, 0) is 89.9 Å². The predicted octanol–water partition coefficient (Wildman–Crippen LogP) is 8.72. The maximum absolute atomic E-state index is 7.01. The number of nitrogens with zero attached hydrogens (tertiary/aromatic N) is 4. The molecule has 0 N–H and O–H groups in total. The Morgan fingerprint density at radius 1 is 0.660 bits per heavy atom. The Morgan fingerprint density at radius 3 is 2.28 bits per heavy atom. The fourth-order valence-electron chi connectivity index (χ4n) is 7.18. The molecule has 0 fully saturated rings. The minimum absolute atomic E-state index is 0.0280. The lowest BCUT2D eigenvalue weighted by atomic mass is 9.88. The molecule has 0 radical (unpaired) electrons. The highest BCUT2D eigenvalue weighted by Crippen LogP contribution is 2.44. The lowest BCUT2D eigenvalue weighted by molar-refractivity contribution is 0.245. The molecule has 6 nitrogen and oxygen atoms in total. The third-order valence-electron chi connectivity index (χ3n) is 9.63. The van der Waals surface area contributed by atoms with Crippen molar-refractivity contribution in [2.75, 3.05) is 4.90 Å². The van der Waals surface area contributed by atoms with Crippen LogP contribution in [0.2, 0.25) is 0 Å². The number of rotatable bonds is 3. The van der Waals surface area contributed by atoms with Crippen molar-refractivity contribution in [2.45, 2.75) is 38.3 Å². The normalized spacial score (nSPS) is 16.5. The second-order valence-electron chi connectivity index (χ2n) is 13.9. The zero-order valence-electron chi connectivity index (χ0n) is 28.2. The molecule has 1 aliphatic heterocycles. The van der Waals surface area contributed by atoms with E-state index in [2.05, 4.69) is 120 Å². The molecule has 6 heteroatoms. The van der Waals surface area contributed by atoms with E-state index >= 15 is 0 Å². The van der Waals surface area contributed by atoms with Crippen LogP contribution in [0.5, 0.6) is 17.2 Å². The van der Waals surface area contributed by atoms with Crippen LogP contribution in [0.25, 0.3) is 40.1 Å². The minimum atomic E-state index is -0.370. The number of pyridine rings is 2. The maximum Gasteiger partial charge on any atom is 0.169 e. The molecule has 4 heterocycles. The molecule has 2 unspecified atom stereocenters. The molecule has 0 amide bonds. The van der Waals surface area contributed by atoms with Gasteiger partial charge in [0, 0.05) is 34.2 Å². The molecule has 9 rings (SSSR count). The van der Waals surface area contributed by atoms with E-state index in [9.17, 15) is 0 Å². The molecular weight excluding hydrogens is 617 g/mol. The van der Waals surface area contributed by atoms with Crippen LogP contribution in [0.15, 0.2) is 140 Å². The van der Waals surface area contributed by atoms with Crippen molar-refractivity contribution in [3.05, 3.63) is 156 Å². The highest BCUT2D eigenvalue weighted by molar-refractivity contribution is 5.86. The summed E-state index contributed by atoms with van der Waals surface area (Å²) in [6, 6.07) is 43.4. The average Bonchev–Trinajstić information content (AvgIpc) is 3.48. The smallest absolute Gasteiger partial charge is 0.169 e. The van der Waals surface area contributed by atoms with Crippen molar-refractivity contribution in [1.82, 2.24) is 14.5 Å². The van der Waals surface area contributed by atoms with Crippen molar-refractivity contribution < 1.29 is 9.47 Å². The number of hydrogen-bond acceptors (Lipinski definition) is 5. The highest BCUT2D eigenvalue weighted by Gasteiger charge is 2.35. The zero-order valence-corrected chi connectivity index (χ0v) is 28.2. The Bertz CT molecular complexity index is 2510. The van der Waals surface area contributed by atoms with E-state index < -0.39 is 0 Å². The van der Waals surface area contributed by atoms with Gasteiger partial charge in [-0.3, -0.25) is 9.55 Å². The van der Waals surface area contributed by atoms with Gasteiger partial charge in [-0.15, -0.1) is 0 Å². The van der Waals surface area contributed by atoms with E-state index in [-0.39, 0.29) is 17.6 Å².